The zero-order chi connectivity index (χ0) is 17.4. The first-order valence-corrected chi connectivity index (χ1v) is 7.85. The van der Waals surface area contributed by atoms with Crippen LogP contribution in [-0.4, -0.2) is 29.6 Å². The Kier molecular flexibility index (Phi) is 3.64. The lowest BCUT2D eigenvalue weighted by atomic mass is 10.2. The van der Waals surface area contributed by atoms with Crippen molar-refractivity contribution in [3.63, 3.8) is 0 Å². The van der Waals surface area contributed by atoms with E-state index in [4.69, 9.17) is 0 Å². The van der Waals surface area contributed by atoms with Crippen LogP contribution in [0.4, 0.5) is 10.1 Å². The normalized spacial score (nSPS) is 12.4. The fraction of sp³-hybridized carbons (Fsp3) is 0.176. The zero-order valence-electron chi connectivity index (χ0n) is 13.8. The largest absolute Gasteiger partial charge is 0.375 e. The molecule has 0 amide bonds. The van der Waals surface area contributed by atoms with Crippen LogP contribution in [0.5, 0.6) is 0 Å². The van der Waals surface area contributed by atoms with E-state index in [-0.39, 0.29) is 11.9 Å². The van der Waals surface area contributed by atoms with Gasteiger partial charge in [0.15, 0.2) is 0 Å². The molecule has 0 saturated heterocycles. The van der Waals surface area contributed by atoms with E-state index in [9.17, 15) is 4.39 Å². The minimum atomic E-state index is -0.312. The van der Waals surface area contributed by atoms with Gasteiger partial charge in [-0.25, -0.2) is 9.07 Å². The van der Waals surface area contributed by atoms with Crippen LogP contribution in [0.1, 0.15) is 24.2 Å². The van der Waals surface area contributed by atoms with Crippen molar-refractivity contribution in [1.82, 2.24) is 29.6 Å². The molecule has 0 fully saturated rings. The van der Waals surface area contributed by atoms with Crippen LogP contribution in [0.25, 0.3) is 11.3 Å². The van der Waals surface area contributed by atoms with E-state index in [0.717, 1.165) is 16.9 Å². The summed E-state index contributed by atoms with van der Waals surface area (Å²) in [5.74, 6) is -0.312. The number of nitrogens with zero attached hydrogens (tertiary/aromatic N) is 6. The molecule has 0 aliphatic heterocycles. The van der Waals surface area contributed by atoms with Crippen molar-refractivity contribution in [3.8, 4) is 5.69 Å². The van der Waals surface area contributed by atoms with Gasteiger partial charge in [-0.1, -0.05) is 12.1 Å². The Labute approximate surface area is 143 Å². The van der Waals surface area contributed by atoms with E-state index in [2.05, 4.69) is 25.7 Å². The van der Waals surface area contributed by atoms with E-state index < -0.39 is 0 Å². The fourth-order valence-electron chi connectivity index (χ4n) is 2.71. The molecule has 4 rings (SSSR count). The second-order valence-corrected chi connectivity index (χ2v) is 5.83. The molecule has 0 radical (unpaired) electrons. The van der Waals surface area contributed by atoms with Crippen LogP contribution in [-0.2, 0) is 0 Å². The lowest BCUT2D eigenvalue weighted by molar-refractivity contribution is 0.611. The minimum absolute atomic E-state index is 0.0529. The number of nitrogens with one attached hydrogen (secondary N) is 1. The lowest BCUT2D eigenvalue weighted by Gasteiger charge is -2.14. The first-order valence-electron chi connectivity index (χ1n) is 7.85. The van der Waals surface area contributed by atoms with E-state index in [1.165, 1.54) is 10.7 Å². The van der Waals surface area contributed by atoms with Crippen LogP contribution in [0.3, 0.4) is 0 Å². The number of anilines is 1. The van der Waals surface area contributed by atoms with Crippen LogP contribution < -0.4 is 5.32 Å². The summed E-state index contributed by atoms with van der Waals surface area (Å²) < 4.78 is 17.1. The average molecular weight is 337 g/mol. The zero-order valence-corrected chi connectivity index (χ0v) is 13.8. The van der Waals surface area contributed by atoms with Crippen molar-refractivity contribution in [1.29, 1.82) is 0 Å². The summed E-state index contributed by atoms with van der Waals surface area (Å²) in [4.78, 5) is 0. The number of aromatic nitrogens is 6. The quantitative estimate of drug-likeness (QED) is 0.620. The molecule has 1 N–H and O–H groups in total. The summed E-state index contributed by atoms with van der Waals surface area (Å²) in [7, 11) is 0. The molecule has 8 heteroatoms. The van der Waals surface area contributed by atoms with Gasteiger partial charge in [0.2, 0.25) is 5.65 Å². The van der Waals surface area contributed by atoms with E-state index in [1.54, 1.807) is 35.2 Å². The molecule has 0 aliphatic rings. The SMILES string of the molecule is Cc1cc(NC(C)c2cnn(-c3ccccc3F)c2)c2nncn2n1. The van der Waals surface area contributed by atoms with Gasteiger partial charge in [-0.05, 0) is 32.0 Å². The maximum atomic E-state index is 13.9. The number of rotatable bonds is 4. The molecule has 4 aromatic rings. The third-order valence-electron chi connectivity index (χ3n) is 3.96. The average Bonchev–Trinajstić information content (AvgIpc) is 3.24. The van der Waals surface area contributed by atoms with Gasteiger partial charge in [-0.3, -0.25) is 0 Å². The second kappa shape index (κ2) is 5.97. The smallest absolute Gasteiger partial charge is 0.200 e. The van der Waals surface area contributed by atoms with E-state index in [1.807, 2.05) is 26.1 Å². The highest BCUT2D eigenvalue weighted by atomic mass is 19.1. The molecule has 3 aromatic heterocycles. The first-order chi connectivity index (χ1) is 12.1. The monoisotopic (exact) mass is 337 g/mol. The molecule has 0 bridgehead atoms. The van der Waals surface area contributed by atoms with Crippen molar-refractivity contribution < 1.29 is 4.39 Å². The van der Waals surface area contributed by atoms with Crippen molar-refractivity contribution in [2.75, 3.05) is 5.32 Å². The van der Waals surface area contributed by atoms with Gasteiger partial charge in [0.05, 0.1) is 23.6 Å². The van der Waals surface area contributed by atoms with Gasteiger partial charge >= 0.3 is 0 Å². The van der Waals surface area contributed by atoms with Crippen molar-refractivity contribution in [2.45, 2.75) is 19.9 Å². The van der Waals surface area contributed by atoms with E-state index >= 15 is 0 Å². The first kappa shape index (κ1) is 15.3. The summed E-state index contributed by atoms with van der Waals surface area (Å²) in [6, 6.07) is 8.41. The Hall–Kier alpha value is -3.29. The molecule has 0 spiro atoms. The highest BCUT2D eigenvalue weighted by Gasteiger charge is 2.14. The van der Waals surface area contributed by atoms with Crippen molar-refractivity contribution >= 4 is 11.3 Å². The molecule has 3 heterocycles. The fourth-order valence-corrected chi connectivity index (χ4v) is 2.71. The summed E-state index contributed by atoms with van der Waals surface area (Å²) >= 11 is 0. The summed E-state index contributed by atoms with van der Waals surface area (Å²) in [6.45, 7) is 3.91. The second-order valence-electron chi connectivity index (χ2n) is 5.83. The number of hydrogen-bond acceptors (Lipinski definition) is 5. The minimum Gasteiger partial charge on any atom is -0.375 e. The number of hydrogen-bond donors (Lipinski definition) is 1. The molecular formula is C17H16FN7. The Morgan fingerprint density at radius 1 is 1.24 bits per heavy atom. The molecular weight excluding hydrogens is 321 g/mol. The molecule has 1 unspecified atom stereocenters. The summed E-state index contributed by atoms with van der Waals surface area (Å²) in [5, 5.41) is 20.0. The number of para-hydroxylation sites is 1. The highest BCUT2D eigenvalue weighted by molar-refractivity contribution is 5.67. The number of halogens is 1. The third kappa shape index (κ3) is 2.82. The molecule has 0 aliphatic carbocycles. The molecule has 1 aromatic carbocycles. The Morgan fingerprint density at radius 2 is 2.08 bits per heavy atom. The van der Waals surface area contributed by atoms with Crippen LogP contribution >= 0.6 is 0 Å². The van der Waals surface area contributed by atoms with Crippen molar-refractivity contribution in [3.05, 3.63) is 66.1 Å². The van der Waals surface area contributed by atoms with Crippen molar-refractivity contribution in [2.24, 2.45) is 0 Å². The summed E-state index contributed by atoms with van der Waals surface area (Å²) in [5.41, 5.74) is 3.68. The van der Waals surface area contributed by atoms with Crippen LogP contribution in [0, 0.1) is 12.7 Å². The summed E-state index contributed by atoms with van der Waals surface area (Å²) in [6.07, 6.45) is 5.10. The topological polar surface area (TPSA) is 72.9 Å². The standard InChI is InChI=1S/C17H16FN7/c1-11-7-15(17-22-19-10-25(17)23-11)21-12(2)13-8-20-24(9-13)16-6-4-3-5-14(16)18/h3-10,12,21H,1-2H3. The van der Waals surface area contributed by atoms with Gasteiger partial charge in [-0.15, -0.1) is 10.2 Å². The molecule has 126 valence electrons. The Balaban J connectivity index is 1.62. The predicted molar refractivity (Wildman–Crippen MR) is 91.1 cm³/mol. The van der Waals surface area contributed by atoms with Crippen LogP contribution in [0.15, 0.2) is 49.1 Å². The van der Waals surface area contributed by atoms with Gasteiger partial charge in [0.25, 0.3) is 0 Å². The lowest BCUT2D eigenvalue weighted by Crippen LogP contribution is -2.08. The predicted octanol–water partition coefficient (Wildman–Crippen LogP) is 2.93. The highest BCUT2D eigenvalue weighted by Crippen LogP contribution is 2.23. The number of benzene rings is 1. The van der Waals surface area contributed by atoms with Crippen LogP contribution in [0.2, 0.25) is 0 Å². The molecule has 0 saturated carbocycles. The molecule has 1 atom stereocenters. The number of fused-ring (bicyclic) bond motifs is 1. The third-order valence-corrected chi connectivity index (χ3v) is 3.96. The maximum absolute atomic E-state index is 13.9. The maximum Gasteiger partial charge on any atom is 0.200 e. The van der Waals surface area contributed by atoms with Gasteiger partial charge < -0.3 is 5.32 Å². The Morgan fingerprint density at radius 3 is 2.92 bits per heavy atom. The Bertz CT molecular complexity index is 1040. The van der Waals surface area contributed by atoms with E-state index in [0.29, 0.717) is 11.3 Å². The number of aryl methyl sites for hydroxylation is 1. The van der Waals surface area contributed by atoms with Gasteiger partial charge in [0.1, 0.15) is 17.8 Å². The van der Waals surface area contributed by atoms with Gasteiger partial charge in [0, 0.05) is 11.8 Å². The van der Waals surface area contributed by atoms with Gasteiger partial charge in [-0.2, -0.15) is 14.7 Å². The molecule has 25 heavy (non-hydrogen) atoms. The molecule has 7 nitrogen and oxygen atoms in total.